The van der Waals surface area contributed by atoms with Crippen molar-refractivity contribution in [3.05, 3.63) is 11.6 Å². The fraction of sp³-hybridized carbons (Fsp3) is 0.778. The van der Waals surface area contributed by atoms with Crippen LogP contribution < -0.4 is 5.32 Å². The molecule has 90 valence electrons. The maximum atomic E-state index is 12.4. The zero-order valence-electron chi connectivity index (χ0n) is 8.88. The van der Waals surface area contributed by atoms with Crippen molar-refractivity contribution in [1.29, 1.82) is 0 Å². The third-order valence-electron chi connectivity index (χ3n) is 2.71. The Morgan fingerprint density at radius 3 is 2.69 bits per heavy atom. The van der Waals surface area contributed by atoms with Gasteiger partial charge in [0.05, 0.1) is 0 Å². The minimum Gasteiger partial charge on any atom is -0.316 e. The Morgan fingerprint density at radius 2 is 2.19 bits per heavy atom. The molecule has 1 saturated heterocycles. The topological polar surface area (TPSA) is 42.7 Å². The summed E-state index contributed by atoms with van der Waals surface area (Å²) in [5, 5.41) is 6.56. The smallest absolute Gasteiger partial charge is 0.316 e. The van der Waals surface area contributed by atoms with E-state index in [1.807, 2.05) is 0 Å². The van der Waals surface area contributed by atoms with Gasteiger partial charge in [-0.3, -0.25) is 4.68 Å². The Kier molecular flexibility index (Phi) is 2.88. The molecule has 0 spiro atoms. The molecule has 0 amide bonds. The highest BCUT2D eigenvalue weighted by Crippen LogP contribution is 2.29. The van der Waals surface area contributed by atoms with Crippen molar-refractivity contribution in [1.82, 2.24) is 20.1 Å². The van der Waals surface area contributed by atoms with E-state index >= 15 is 0 Å². The van der Waals surface area contributed by atoms with Gasteiger partial charge in [0.15, 0.2) is 0 Å². The van der Waals surface area contributed by atoms with Gasteiger partial charge < -0.3 is 5.32 Å². The molecular weight excluding hydrogens is 221 g/mol. The van der Waals surface area contributed by atoms with Gasteiger partial charge in [0.1, 0.15) is 5.82 Å². The number of alkyl halides is 3. The number of nitrogens with zero attached hydrogens (tertiary/aromatic N) is 3. The summed E-state index contributed by atoms with van der Waals surface area (Å²) in [6.45, 7) is 1.59. The van der Waals surface area contributed by atoms with Gasteiger partial charge in [0.25, 0.3) is 5.82 Å². The second-order valence-corrected chi connectivity index (χ2v) is 3.96. The average molecular weight is 234 g/mol. The molecule has 1 atom stereocenters. The average Bonchev–Trinajstić information content (AvgIpc) is 2.61. The monoisotopic (exact) mass is 234 g/mol. The van der Waals surface area contributed by atoms with Crippen molar-refractivity contribution in [3.63, 3.8) is 0 Å². The quantitative estimate of drug-likeness (QED) is 0.796. The van der Waals surface area contributed by atoms with Crippen LogP contribution >= 0.6 is 0 Å². The van der Waals surface area contributed by atoms with Crippen LogP contribution in [0.1, 0.15) is 30.4 Å². The fourth-order valence-corrected chi connectivity index (χ4v) is 1.94. The lowest BCUT2D eigenvalue weighted by atomic mass is 9.99. The third-order valence-corrected chi connectivity index (χ3v) is 2.71. The highest BCUT2D eigenvalue weighted by molar-refractivity contribution is 5.04. The summed E-state index contributed by atoms with van der Waals surface area (Å²) in [5.41, 5.74) is 0. The zero-order valence-corrected chi connectivity index (χ0v) is 8.88. The largest absolute Gasteiger partial charge is 0.453 e. The molecule has 1 aromatic heterocycles. The van der Waals surface area contributed by atoms with E-state index in [1.165, 1.54) is 11.7 Å². The standard InChI is InChI=1S/C9H13F3N4/c1-16-7(6-3-2-4-13-5-6)14-8(15-16)9(10,11)12/h6,13H,2-5H2,1H3. The number of hydrogen-bond donors (Lipinski definition) is 1. The van der Waals surface area contributed by atoms with Crippen LogP contribution in [-0.4, -0.2) is 27.9 Å². The second kappa shape index (κ2) is 4.04. The number of halogens is 3. The minimum absolute atomic E-state index is 0.0300. The summed E-state index contributed by atoms with van der Waals surface area (Å²) in [4.78, 5) is 3.59. The van der Waals surface area contributed by atoms with Gasteiger partial charge in [-0.25, -0.2) is 4.98 Å². The van der Waals surface area contributed by atoms with Crippen molar-refractivity contribution < 1.29 is 13.2 Å². The Hall–Kier alpha value is -1.11. The van der Waals surface area contributed by atoms with Crippen LogP contribution in [0.2, 0.25) is 0 Å². The molecule has 1 aliphatic heterocycles. The molecule has 1 aromatic rings. The first kappa shape index (κ1) is 11.4. The van der Waals surface area contributed by atoms with Crippen LogP contribution in [0.25, 0.3) is 0 Å². The van der Waals surface area contributed by atoms with Gasteiger partial charge in [0.2, 0.25) is 0 Å². The van der Waals surface area contributed by atoms with E-state index in [-0.39, 0.29) is 5.92 Å². The Labute approximate surface area is 90.9 Å². The number of aromatic nitrogens is 3. The summed E-state index contributed by atoms with van der Waals surface area (Å²) >= 11 is 0. The van der Waals surface area contributed by atoms with E-state index in [2.05, 4.69) is 15.4 Å². The van der Waals surface area contributed by atoms with E-state index in [9.17, 15) is 13.2 Å². The third kappa shape index (κ3) is 2.18. The molecule has 1 fully saturated rings. The van der Waals surface area contributed by atoms with Crippen LogP contribution in [0.5, 0.6) is 0 Å². The highest BCUT2D eigenvalue weighted by atomic mass is 19.4. The number of hydrogen-bond acceptors (Lipinski definition) is 3. The number of aryl methyl sites for hydroxylation is 1. The maximum absolute atomic E-state index is 12.4. The molecule has 1 aliphatic rings. The first-order valence-electron chi connectivity index (χ1n) is 5.17. The molecule has 1 unspecified atom stereocenters. The van der Waals surface area contributed by atoms with Crippen LogP contribution in [-0.2, 0) is 13.2 Å². The van der Waals surface area contributed by atoms with Crippen molar-refractivity contribution in [3.8, 4) is 0 Å². The lowest BCUT2D eigenvalue weighted by Crippen LogP contribution is -2.29. The Bertz CT molecular complexity index is 365. The molecule has 7 heteroatoms. The van der Waals surface area contributed by atoms with Crippen molar-refractivity contribution in [2.24, 2.45) is 7.05 Å². The molecule has 0 saturated carbocycles. The molecule has 4 nitrogen and oxygen atoms in total. The second-order valence-electron chi connectivity index (χ2n) is 3.96. The lowest BCUT2D eigenvalue weighted by Gasteiger charge is -2.21. The predicted molar refractivity (Wildman–Crippen MR) is 50.8 cm³/mol. The first-order valence-corrected chi connectivity index (χ1v) is 5.17. The van der Waals surface area contributed by atoms with Gasteiger partial charge in [-0.1, -0.05) is 0 Å². The zero-order chi connectivity index (χ0) is 11.8. The van der Waals surface area contributed by atoms with E-state index in [0.717, 1.165) is 19.4 Å². The number of piperidine rings is 1. The van der Waals surface area contributed by atoms with Gasteiger partial charge in [-0.2, -0.15) is 13.2 Å². The minimum atomic E-state index is -4.46. The Morgan fingerprint density at radius 1 is 1.44 bits per heavy atom. The molecule has 2 rings (SSSR count). The summed E-state index contributed by atoms with van der Waals surface area (Å²) in [6.07, 6.45) is -2.65. The van der Waals surface area contributed by atoms with Gasteiger partial charge in [-0.05, 0) is 19.4 Å². The van der Waals surface area contributed by atoms with Gasteiger partial charge in [-0.15, -0.1) is 5.10 Å². The molecule has 0 aromatic carbocycles. The van der Waals surface area contributed by atoms with E-state index < -0.39 is 12.0 Å². The van der Waals surface area contributed by atoms with E-state index in [0.29, 0.717) is 12.4 Å². The van der Waals surface area contributed by atoms with Crippen LogP contribution in [0, 0.1) is 0 Å². The van der Waals surface area contributed by atoms with Crippen molar-refractivity contribution >= 4 is 0 Å². The van der Waals surface area contributed by atoms with Gasteiger partial charge in [0, 0.05) is 19.5 Å². The molecule has 0 radical (unpaired) electrons. The first-order chi connectivity index (χ1) is 7.48. The van der Waals surface area contributed by atoms with E-state index in [4.69, 9.17) is 0 Å². The molecule has 0 aliphatic carbocycles. The molecule has 2 heterocycles. The summed E-state index contributed by atoms with van der Waals surface area (Å²) in [6, 6.07) is 0. The molecule has 16 heavy (non-hydrogen) atoms. The van der Waals surface area contributed by atoms with Crippen LogP contribution in [0.3, 0.4) is 0 Å². The molecule has 1 N–H and O–H groups in total. The summed E-state index contributed by atoms with van der Waals surface area (Å²) < 4.78 is 38.4. The van der Waals surface area contributed by atoms with Crippen molar-refractivity contribution in [2.75, 3.05) is 13.1 Å². The number of nitrogens with one attached hydrogen (secondary N) is 1. The number of rotatable bonds is 1. The summed E-state index contributed by atoms with van der Waals surface area (Å²) in [7, 11) is 1.51. The summed E-state index contributed by atoms with van der Waals surface area (Å²) in [5.74, 6) is -0.600. The SMILES string of the molecule is Cn1nc(C(F)(F)F)nc1C1CCCNC1. The highest BCUT2D eigenvalue weighted by Gasteiger charge is 2.37. The predicted octanol–water partition coefficient (Wildman–Crippen LogP) is 1.30. The van der Waals surface area contributed by atoms with Gasteiger partial charge >= 0.3 is 6.18 Å². The van der Waals surface area contributed by atoms with Crippen LogP contribution in [0.4, 0.5) is 13.2 Å². The lowest BCUT2D eigenvalue weighted by molar-refractivity contribution is -0.145. The molecular formula is C9H13F3N4. The normalized spacial score (nSPS) is 22.4. The molecule has 0 bridgehead atoms. The fourth-order valence-electron chi connectivity index (χ4n) is 1.94. The van der Waals surface area contributed by atoms with Crippen molar-refractivity contribution in [2.45, 2.75) is 24.9 Å². The van der Waals surface area contributed by atoms with Crippen LogP contribution in [0.15, 0.2) is 0 Å². The maximum Gasteiger partial charge on any atom is 0.453 e. The van der Waals surface area contributed by atoms with E-state index in [1.54, 1.807) is 0 Å². The Balaban J connectivity index is 2.24.